The number of rotatable bonds is 7. The van der Waals surface area contributed by atoms with Crippen LogP contribution in [0.1, 0.15) is 29.8 Å². The molecule has 1 aliphatic heterocycles. The Morgan fingerprint density at radius 1 is 1.14 bits per heavy atom. The largest absolute Gasteiger partial charge is 0.467 e. The Bertz CT molecular complexity index is 1150. The average molecular weight is 554 g/mol. The number of nitrogens with one attached hydrogen (secondary N) is 2. The van der Waals surface area contributed by atoms with Crippen LogP contribution in [0.3, 0.4) is 0 Å². The summed E-state index contributed by atoms with van der Waals surface area (Å²) in [5.41, 5.74) is 1.30. The van der Waals surface area contributed by atoms with Crippen molar-refractivity contribution in [2.45, 2.75) is 37.2 Å². The number of hydrogen-bond donors (Lipinski definition) is 3. The van der Waals surface area contributed by atoms with E-state index in [2.05, 4.69) is 10.6 Å². The molecule has 3 N–H and O–H groups in total. The zero-order valence-electron chi connectivity index (χ0n) is 19.7. The summed E-state index contributed by atoms with van der Waals surface area (Å²) in [5.74, 6) is -1.45. The third kappa shape index (κ3) is 6.24. The molecule has 0 aromatic heterocycles. The van der Waals surface area contributed by atoms with Crippen LogP contribution in [0.15, 0.2) is 42.5 Å². The first kappa shape index (κ1) is 27.6. The number of ether oxygens (including phenoxy) is 1. The van der Waals surface area contributed by atoms with Crippen molar-refractivity contribution in [3.63, 3.8) is 0 Å². The van der Waals surface area contributed by atoms with Gasteiger partial charge in [-0.15, -0.1) is 11.8 Å². The maximum atomic E-state index is 12.9. The molecule has 2 aromatic carbocycles. The van der Waals surface area contributed by atoms with Gasteiger partial charge in [0.05, 0.1) is 27.6 Å². The minimum absolute atomic E-state index is 0.0965. The van der Waals surface area contributed by atoms with Crippen molar-refractivity contribution < 1.29 is 29.0 Å². The lowest BCUT2D eigenvalue weighted by Crippen LogP contribution is -2.55. The van der Waals surface area contributed by atoms with Crippen molar-refractivity contribution in [3.8, 4) is 0 Å². The van der Waals surface area contributed by atoms with Crippen LogP contribution in [0.4, 0.5) is 10.5 Å². The molecule has 0 radical (unpaired) electrons. The first-order valence-electron chi connectivity index (χ1n) is 10.8. The second-order valence-electron chi connectivity index (χ2n) is 8.46. The van der Waals surface area contributed by atoms with Gasteiger partial charge in [-0.3, -0.25) is 14.5 Å². The summed E-state index contributed by atoms with van der Waals surface area (Å²) < 4.78 is 4.84. The van der Waals surface area contributed by atoms with Gasteiger partial charge in [0.25, 0.3) is 5.91 Å². The number of benzene rings is 2. The Kier molecular flexibility index (Phi) is 8.76. The molecule has 1 saturated heterocycles. The van der Waals surface area contributed by atoms with E-state index in [1.165, 1.54) is 18.9 Å². The zero-order chi connectivity index (χ0) is 26.6. The summed E-state index contributed by atoms with van der Waals surface area (Å²) in [6.07, 6.45) is -1.12. The maximum Gasteiger partial charge on any atom is 0.409 e. The lowest BCUT2D eigenvalue weighted by Gasteiger charge is -2.31. The summed E-state index contributed by atoms with van der Waals surface area (Å²) in [4.78, 5) is 49.9. The molecule has 1 aliphatic rings. The van der Waals surface area contributed by atoms with Crippen LogP contribution in [0.25, 0.3) is 0 Å². The molecule has 0 unspecified atom stereocenters. The van der Waals surface area contributed by atoms with Crippen molar-refractivity contribution in [1.82, 2.24) is 10.2 Å². The van der Waals surface area contributed by atoms with E-state index in [1.54, 1.807) is 56.3 Å². The molecule has 3 amide bonds. The third-order valence-electron chi connectivity index (χ3n) is 5.64. The fraction of sp³-hybridized carbons (Fsp3) is 0.333. The summed E-state index contributed by atoms with van der Waals surface area (Å²) in [6, 6.07) is 9.43. The predicted molar refractivity (Wildman–Crippen MR) is 139 cm³/mol. The molecule has 0 aliphatic carbocycles. The molecule has 1 heterocycles. The highest BCUT2D eigenvalue weighted by Crippen LogP contribution is 2.39. The minimum atomic E-state index is -1.21. The van der Waals surface area contributed by atoms with Crippen molar-refractivity contribution in [1.29, 1.82) is 0 Å². The number of methoxy groups -OCH3 is 1. The standard InChI is InChI=1S/C24H25Cl2N3O6S/c1-24(2)29(23(33)34)18(12-36-24)20(30)28-17(22(32)35-3)11-13-7-9-14(10-8-13)27-21(31)19-15(25)5-4-6-16(19)26/h4-10,17-18H,11-12H2,1-3H3,(H,27,31)(H,28,30)(H,33,34)/t17-,18-/m1/s1. The Hall–Kier alpha value is -2.95. The lowest BCUT2D eigenvalue weighted by molar-refractivity contribution is -0.145. The predicted octanol–water partition coefficient (Wildman–Crippen LogP) is 4.28. The normalized spacial score (nSPS) is 17.2. The Labute approximate surface area is 222 Å². The van der Waals surface area contributed by atoms with Crippen molar-refractivity contribution in [3.05, 3.63) is 63.6 Å². The van der Waals surface area contributed by atoms with Gasteiger partial charge in [-0.25, -0.2) is 9.59 Å². The van der Waals surface area contributed by atoms with Crippen LogP contribution in [0, 0.1) is 0 Å². The number of thioether (sulfide) groups is 1. The van der Waals surface area contributed by atoms with E-state index in [0.717, 1.165) is 4.90 Å². The quantitative estimate of drug-likeness (QED) is 0.437. The van der Waals surface area contributed by atoms with Gasteiger partial charge < -0.3 is 20.5 Å². The van der Waals surface area contributed by atoms with Gasteiger partial charge in [0.1, 0.15) is 12.1 Å². The van der Waals surface area contributed by atoms with Gasteiger partial charge in [0.15, 0.2) is 0 Å². The minimum Gasteiger partial charge on any atom is -0.467 e. The lowest BCUT2D eigenvalue weighted by atomic mass is 10.0. The SMILES string of the molecule is COC(=O)[C@@H](Cc1ccc(NC(=O)c2c(Cl)cccc2Cl)cc1)NC(=O)[C@H]1CSC(C)(C)N1C(=O)O. The van der Waals surface area contributed by atoms with Crippen LogP contribution in [-0.4, -0.2) is 63.7 Å². The van der Waals surface area contributed by atoms with Gasteiger partial charge in [0.2, 0.25) is 5.91 Å². The monoisotopic (exact) mass is 553 g/mol. The molecule has 12 heteroatoms. The van der Waals surface area contributed by atoms with Gasteiger partial charge in [-0.2, -0.15) is 0 Å². The molecule has 0 spiro atoms. The average Bonchev–Trinajstić information content (AvgIpc) is 3.14. The molecule has 2 atom stereocenters. The van der Waals surface area contributed by atoms with Crippen LogP contribution in [-0.2, 0) is 20.7 Å². The second kappa shape index (κ2) is 11.4. The molecule has 1 fully saturated rings. The molecule has 2 aromatic rings. The summed E-state index contributed by atoms with van der Waals surface area (Å²) in [5, 5.41) is 15.4. The van der Waals surface area contributed by atoms with E-state index in [4.69, 9.17) is 27.9 Å². The molecular weight excluding hydrogens is 529 g/mol. The van der Waals surface area contributed by atoms with E-state index in [-0.39, 0.29) is 27.8 Å². The number of anilines is 1. The first-order valence-corrected chi connectivity index (χ1v) is 12.6. The van der Waals surface area contributed by atoms with E-state index < -0.39 is 40.8 Å². The molecule has 0 saturated carbocycles. The Balaban J connectivity index is 1.70. The highest BCUT2D eigenvalue weighted by molar-refractivity contribution is 8.00. The highest BCUT2D eigenvalue weighted by atomic mass is 35.5. The Morgan fingerprint density at radius 3 is 2.31 bits per heavy atom. The van der Waals surface area contributed by atoms with E-state index in [9.17, 15) is 24.3 Å². The van der Waals surface area contributed by atoms with Gasteiger partial charge in [-0.1, -0.05) is 41.4 Å². The number of carbonyl (C=O) groups excluding carboxylic acids is 3. The maximum absolute atomic E-state index is 12.9. The number of esters is 1. The summed E-state index contributed by atoms with van der Waals surface area (Å²) in [7, 11) is 1.21. The van der Waals surface area contributed by atoms with Crippen LogP contribution < -0.4 is 10.6 Å². The molecule has 9 nitrogen and oxygen atoms in total. The van der Waals surface area contributed by atoms with Crippen molar-refractivity contribution >= 4 is 64.5 Å². The van der Waals surface area contributed by atoms with E-state index in [0.29, 0.717) is 11.3 Å². The van der Waals surface area contributed by atoms with Crippen molar-refractivity contribution in [2.24, 2.45) is 0 Å². The summed E-state index contributed by atoms with van der Waals surface area (Å²) >= 11 is 13.5. The smallest absolute Gasteiger partial charge is 0.409 e. The van der Waals surface area contributed by atoms with Crippen LogP contribution in [0.5, 0.6) is 0 Å². The molecule has 36 heavy (non-hydrogen) atoms. The van der Waals surface area contributed by atoms with Crippen LogP contribution in [0.2, 0.25) is 10.0 Å². The Morgan fingerprint density at radius 2 is 1.75 bits per heavy atom. The number of hydrogen-bond acceptors (Lipinski definition) is 6. The topological polar surface area (TPSA) is 125 Å². The fourth-order valence-corrected chi connectivity index (χ4v) is 5.61. The van der Waals surface area contributed by atoms with E-state index >= 15 is 0 Å². The van der Waals surface area contributed by atoms with Gasteiger partial charge in [-0.05, 0) is 43.7 Å². The molecule has 192 valence electrons. The molecule has 3 rings (SSSR count). The van der Waals surface area contributed by atoms with Crippen molar-refractivity contribution in [2.75, 3.05) is 18.2 Å². The van der Waals surface area contributed by atoms with E-state index in [1.807, 2.05) is 0 Å². The third-order valence-corrected chi connectivity index (χ3v) is 7.65. The number of nitrogens with zero attached hydrogens (tertiary/aromatic N) is 1. The molecular formula is C24H25Cl2N3O6S. The summed E-state index contributed by atoms with van der Waals surface area (Å²) in [6.45, 7) is 3.44. The number of carboxylic acid groups (broad SMARTS) is 1. The first-order chi connectivity index (χ1) is 16.9. The van der Waals surface area contributed by atoms with Gasteiger partial charge >= 0.3 is 12.1 Å². The number of carbonyl (C=O) groups is 4. The number of halogens is 2. The second-order valence-corrected chi connectivity index (χ2v) is 10.9. The molecule has 0 bridgehead atoms. The highest BCUT2D eigenvalue weighted by Gasteiger charge is 2.47. The fourth-order valence-electron chi connectivity index (χ4n) is 3.83. The van der Waals surface area contributed by atoms with Gasteiger partial charge in [0, 0.05) is 17.9 Å². The van der Waals surface area contributed by atoms with Crippen LogP contribution >= 0.6 is 35.0 Å². The number of amides is 3. The zero-order valence-corrected chi connectivity index (χ0v) is 22.0.